The van der Waals surface area contributed by atoms with Gasteiger partial charge >= 0.3 is 0 Å². The SMILES string of the molecule is CC(C)C(CN)C(=O)NC1CC(O)C1. The number of rotatable bonds is 4. The molecule has 1 atom stereocenters. The summed E-state index contributed by atoms with van der Waals surface area (Å²) in [5.41, 5.74) is 5.53. The highest BCUT2D eigenvalue weighted by Gasteiger charge is 2.30. The first-order valence-electron chi connectivity index (χ1n) is 5.23. The molecule has 4 nitrogen and oxygen atoms in total. The molecule has 0 aromatic rings. The molecule has 1 aliphatic carbocycles. The summed E-state index contributed by atoms with van der Waals surface area (Å²) in [7, 11) is 0. The molecule has 0 aromatic carbocycles. The number of carbonyl (C=O) groups excluding carboxylic acids is 1. The summed E-state index contributed by atoms with van der Waals surface area (Å²) < 4.78 is 0. The highest BCUT2D eigenvalue weighted by molar-refractivity contribution is 5.79. The van der Waals surface area contributed by atoms with E-state index in [2.05, 4.69) is 5.32 Å². The fraction of sp³-hybridized carbons (Fsp3) is 0.900. The maximum Gasteiger partial charge on any atom is 0.224 e. The first-order chi connectivity index (χ1) is 6.54. The molecule has 14 heavy (non-hydrogen) atoms. The van der Waals surface area contributed by atoms with Gasteiger partial charge in [-0.3, -0.25) is 4.79 Å². The van der Waals surface area contributed by atoms with E-state index in [9.17, 15) is 4.79 Å². The van der Waals surface area contributed by atoms with Crippen molar-refractivity contribution in [3.05, 3.63) is 0 Å². The Labute approximate surface area is 84.9 Å². The van der Waals surface area contributed by atoms with Gasteiger partial charge in [-0.05, 0) is 18.8 Å². The maximum atomic E-state index is 11.7. The number of nitrogens with one attached hydrogen (secondary N) is 1. The zero-order chi connectivity index (χ0) is 10.7. The molecule has 0 radical (unpaired) electrons. The van der Waals surface area contributed by atoms with Crippen LogP contribution in [0.1, 0.15) is 26.7 Å². The van der Waals surface area contributed by atoms with E-state index in [4.69, 9.17) is 10.8 Å². The number of hydrogen-bond donors (Lipinski definition) is 3. The molecule has 0 aliphatic heterocycles. The molecule has 0 spiro atoms. The summed E-state index contributed by atoms with van der Waals surface area (Å²) in [6.07, 6.45) is 1.14. The number of aliphatic hydroxyl groups is 1. The lowest BCUT2D eigenvalue weighted by atomic mass is 9.88. The Morgan fingerprint density at radius 3 is 2.50 bits per heavy atom. The number of nitrogens with two attached hydrogens (primary N) is 1. The van der Waals surface area contributed by atoms with Crippen LogP contribution in [0.4, 0.5) is 0 Å². The van der Waals surface area contributed by atoms with Gasteiger partial charge in [-0.25, -0.2) is 0 Å². The quantitative estimate of drug-likeness (QED) is 0.591. The Balaban J connectivity index is 2.33. The van der Waals surface area contributed by atoms with Crippen molar-refractivity contribution in [1.29, 1.82) is 0 Å². The van der Waals surface area contributed by atoms with Crippen LogP contribution in [0, 0.1) is 11.8 Å². The summed E-state index contributed by atoms with van der Waals surface area (Å²) in [5, 5.41) is 12.0. The summed E-state index contributed by atoms with van der Waals surface area (Å²) in [5.74, 6) is 0.192. The smallest absolute Gasteiger partial charge is 0.224 e. The number of carbonyl (C=O) groups is 1. The topological polar surface area (TPSA) is 75.4 Å². The molecule has 1 fully saturated rings. The zero-order valence-electron chi connectivity index (χ0n) is 8.86. The van der Waals surface area contributed by atoms with E-state index in [-0.39, 0.29) is 29.9 Å². The number of hydrogen-bond acceptors (Lipinski definition) is 3. The van der Waals surface area contributed by atoms with Crippen LogP contribution in [0.25, 0.3) is 0 Å². The van der Waals surface area contributed by atoms with Crippen molar-refractivity contribution in [2.45, 2.75) is 38.8 Å². The molecule has 1 unspecified atom stereocenters. The monoisotopic (exact) mass is 200 g/mol. The molecule has 1 rings (SSSR count). The lowest BCUT2D eigenvalue weighted by Gasteiger charge is -2.33. The molecule has 1 saturated carbocycles. The molecular weight excluding hydrogens is 180 g/mol. The average Bonchev–Trinajstić information content (AvgIpc) is 2.01. The highest BCUT2D eigenvalue weighted by Crippen LogP contribution is 2.20. The average molecular weight is 200 g/mol. The van der Waals surface area contributed by atoms with E-state index in [0.29, 0.717) is 19.4 Å². The van der Waals surface area contributed by atoms with Gasteiger partial charge in [-0.1, -0.05) is 13.8 Å². The molecule has 1 aliphatic rings. The van der Waals surface area contributed by atoms with Crippen molar-refractivity contribution >= 4 is 5.91 Å². The van der Waals surface area contributed by atoms with Crippen molar-refractivity contribution < 1.29 is 9.90 Å². The zero-order valence-corrected chi connectivity index (χ0v) is 8.86. The second-order valence-corrected chi connectivity index (χ2v) is 4.42. The van der Waals surface area contributed by atoms with Crippen molar-refractivity contribution in [3.63, 3.8) is 0 Å². The molecule has 0 aromatic heterocycles. The van der Waals surface area contributed by atoms with Crippen molar-refractivity contribution in [2.75, 3.05) is 6.54 Å². The molecule has 4 heteroatoms. The molecule has 4 N–H and O–H groups in total. The summed E-state index contributed by atoms with van der Waals surface area (Å²) in [4.78, 5) is 11.7. The van der Waals surface area contributed by atoms with Crippen LogP contribution in [0.3, 0.4) is 0 Å². The second kappa shape index (κ2) is 4.75. The van der Waals surface area contributed by atoms with Crippen LogP contribution in [0.2, 0.25) is 0 Å². The molecule has 82 valence electrons. The van der Waals surface area contributed by atoms with E-state index < -0.39 is 0 Å². The first kappa shape index (κ1) is 11.5. The molecule has 1 amide bonds. The third kappa shape index (κ3) is 2.69. The van der Waals surface area contributed by atoms with E-state index in [0.717, 1.165) is 0 Å². The van der Waals surface area contributed by atoms with Crippen LogP contribution in [0.5, 0.6) is 0 Å². The summed E-state index contributed by atoms with van der Waals surface area (Å²) >= 11 is 0. The minimum absolute atomic E-state index is 0.0272. The largest absolute Gasteiger partial charge is 0.393 e. The summed E-state index contributed by atoms with van der Waals surface area (Å²) in [6, 6.07) is 0.158. The van der Waals surface area contributed by atoms with Gasteiger partial charge in [0, 0.05) is 12.6 Å². The van der Waals surface area contributed by atoms with Crippen molar-refractivity contribution in [2.24, 2.45) is 17.6 Å². The van der Waals surface area contributed by atoms with Gasteiger partial charge in [0.2, 0.25) is 5.91 Å². The fourth-order valence-corrected chi connectivity index (χ4v) is 1.70. The fourth-order valence-electron chi connectivity index (χ4n) is 1.70. The molecule has 0 heterocycles. The minimum Gasteiger partial charge on any atom is -0.393 e. The Morgan fingerprint density at radius 2 is 2.14 bits per heavy atom. The van der Waals surface area contributed by atoms with Gasteiger partial charge in [0.1, 0.15) is 0 Å². The Kier molecular flexibility index (Phi) is 3.89. The second-order valence-electron chi connectivity index (χ2n) is 4.42. The summed E-state index contributed by atoms with van der Waals surface area (Å²) in [6.45, 7) is 4.37. The van der Waals surface area contributed by atoms with E-state index in [1.165, 1.54) is 0 Å². The normalized spacial score (nSPS) is 28.4. The van der Waals surface area contributed by atoms with Gasteiger partial charge in [0.15, 0.2) is 0 Å². The van der Waals surface area contributed by atoms with Gasteiger partial charge in [-0.15, -0.1) is 0 Å². The Bertz CT molecular complexity index is 200. The Morgan fingerprint density at radius 1 is 1.57 bits per heavy atom. The third-order valence-electron chi connectivity index (χ3n) is 2.86. The van der Waals surface area contributed by atoms with Crippen LogP contribution in [-0.2, 0) is 4.79 Å². The number of amides is 1. The van der Waals surface area contributed by atoms with Crippen LogP contribution >= 0.6 is 0 Å². The van der Waals surface area contributed by atoms with E-state index in [1.807, 2.05) is 13.8 Å². The maximum absolute atomic E-state index is 11.7. The standard InChI is InChI=1S/C10H20N2O2/c1-6(2)9(5-11)10(14)12-7-3-8(13)4-7/h6-9,13H,3-5,11H2,1-2H3,(H,12,14). The lowest BCUT2D eigenvalue weighted by Crippen LogP contribution is -2.50. The van der Waals surface area contributed by atoms with Crippen LogP contribution < -0.4 is 11.1 Å². The Hall–Kier alpha value is -0.610. The van der Waals surface area contributed by atoms with Crippen LogP contribution in [-0.4, -0.2) is 29.7 Å². The van der Waals surface area contributed by atoms with Gasteiger partial charge < -0.3 is 16.2 Å². The van der Waals surface area contributed by atoms with Gasteiger partial charge in [-0.2, -0.15) is 0 Å². The predicted octanol–water partition coefficient (Wildman–Crippen LogP) is -0.143. The first-order valence-corrected chi connectivity index (χ1v) is 5.23. The van der Waals surface area contributed by atoms with Crippen molar-refractivity contribution in [3.8, 4) is 0 Å². The molecular formula is C10H20N2O2. The third-order valence-corrected chi connectivity index (χ3v) is 2.86. The van der Waals surface area contributed by atoms with E-state index >= 15 is 0 Å². The molecule has 0 saturated heterocycles. The van der Waals surface area contributed by atoms with Gasteiger partial charge in [0.05, 0.1) is 12.0 Å². The highest BCUT2D eigenvalue weighted by atomic mass is 16.3. The predicted molar refractivity (Wildman–Crippen MR) is 54.6 cm³/mol. The van der Waals surface area contributed by atoms with Gasteiger partial charge in [0.25, 0.3) is 0 Å². The van der Waals surface area contributed by atoms with Crippen LogP contribution in [0.15, 0.2) is 0 Å². The molecule has 0 bridgehead atoms. The van der Waals surface area contributed by atoms with E-state index in [1.54, 1.807) is 0 Å². The number of aliphatic hydroxyl groups excluding tert-OH is 1. The van der Waals surface area contributed by atoms with Crippen molar-refractivity contribution in [1.82, 2.24) is 5.32 Å². The minimum atomic E-state index is -0.226. The lowest BCUT2D eigenvalue weighted by molar-refractivity contribution is -0.128.